The summed E-state index contributed by atoms with van der Waals surface area (Å²) in [5.74, 6) is 0.730. The molecule has 0 atom stereocenters. The standard InChI is InChI=1S/C21H18N2O3S/c1-27(24,25)18-9-5-8-16(12-18)21-19-13-17(10-11-20(19)22-23-21)26-14-15-6-3-2-4-7-15/h2-13H,14H2,1H3,(H,22,23). The summed E-state index contributed by atoms with van der Waals surface area (Å²) < 4.78 is 29.6. The molecule has 0 saturated carbocycles. The van der Waals surface area contributed by atoms with E-state index >= 15 is 0 Å². The van der Waals surface area contributed by atoms with E-state index in [0.29, 0.717) is 12.3 Å². The molecule has 0 aliphatic heterocycles. The third-order valence-electron chi connectivity index (χ3n) is 4.32. The molecule has 4 aromatic rings. The molecule has 5 nitrogen and oxygen atoms in total. The van der Waals surface area contributed by atoms with Crippen LogP contribution in [0.2, 0.25) is 0 Å². The van der Waals surface area contributed by atoms with Gasteiger partial charge in [0.1, 0.15) is 18.1 Å². The fourth-order valence-corrected chi connectivity index (χ4v) is 3.58. The van der Waals surface area contributed by atoms with Crippen LogP contribution in [0, 0.1) is 0 Å². The SMILES string of the molecule is CS(=O)(=O)c1cccc(-c2n[nH]c3ccc(OCc4ccccc4)cc23)c1. The quantitative estimate of drug-likeness (QED) is 0.565. The number of fused-ring (bicyclic) bond motifs is 1. The van der Waals surface area contributed by atoms with Crippen LogP contribution < -0.4 is 4.74 Å². The minimum absolute atomic E-state index is 0.271. The summed E-state index contributed by atoms with van der Waals surface area (Å²) in [4.78, 5) is 0.271. The summed E-state index contributed by atoms with van der Waals surface area (Å²) in [6.07, 6.45) is 1.20. The highest BCUT2D eigenvalue weighted by atomic mass is 32.2. The summed E-state index contributed by atoms with van der Waals surface area (Å²) in [6.45, 7) is 0.475. The second-order valence-corrected chi connectivity index (χ2v) is 8.37. The van der Waals surface area contributed by atoms with Crippen LogP contribution in [0.25, 0.3) is 22.2 Å². The molecule has 0 saturated heterocycles. The molecule has 0 aliphatic carbocycles. The van der Waals surface area contributed by atoms with Gasteiger partial charge in [-0.2, -0.15) is 5.10 Å². The lowest BCUT2D eigenvalue weighted by Crippen LogP contribution is -1.97. The average molecular weight is 378 g/mol. The number of hydrogen-bond donors (Lipinski definition) is 1. The van der Waals surface area contributed by atoms with Crippen molar-refractivity contribution in [1.29, 1.82) is 0 Å². The number of hydrogen-bond acceptors (Lipinski definition) is 4. The predicted octanol–water partition coefficient (Wildman–Crippen LogP) is 4.21. The largest absolute Gasteiger partial charge is 0.489 e. The number of aromatic amines is 1. The molecule has 0 radical (unpaired) electrons. The highest BCUT2D eigenvalue weighted by molar-refractivity contribution is 7.90. The van der Waals surface area contributed by atoms with Gasteiger partial charge in [-0.15, -0.1) is 0 Å². The van der Waals surface area contributed by atoms with Crippen LogP contribution >= 0.6 is 0 Å². The zero-order chi connectivity index (χ0) is 18.9. The first-order chi connectivity index (χ1) is 13.0. The van der Waals surface area contributed by atoms with E-state index in [-0.39, 0.29) is 4.90 Å². The third kappa shape index (κ3) is 3.71. The lowest BCUT2D eigenvalue weighted by Gasteiger charge is -2.07. The normalized spacial score (nSPS) is 11.6. The molecular formula is C21H18N2O3S. The van der Waals surface area contributed by atoms with E-state index in [0.717, 1.165) is 27.8 Å². The van der Waals surface area contributed by atoms with Crippen LogP contribution in [0.15, 0.2) is 77.7 Å². The number of H-pyrrole nitrogens is 1. The lowest BCUT2D eigenvalue weighted by molar-refractivity contribution is 0.306. The second-order valence-electron chi connectivity index (χ2n) is 6.35. The van der Waals surface area contributed by atoms with E-state index in [4.69, 9.17) is 4.74 Å². The van der Waals surface area contributed by atoms with E-state index in [9.17, 15) is 8.42 Å². The maximum atomic E-state index is 11.8. The van der Waals surface area contributed by atoms with Gasteiger partial charge in [0.25, 0.3) is 0 Å². The smallest absolute Gasteiger partial charge is 0.175 e. The van der Waals surface area contributed by atoms with Crippen LogP contribution in [0.1, 0.15) is 5.56 Å². The highest BCUT2D eigenvalue weighted by Crippen LogP contribution is 2.30. The Morgan fingerprint density at radius 1 is 0.963 bits per heavy atom. The Kier molecular flexibility index (Phi) is 4.41. The van der Waals surface area contributed by atoms with E-state index < -0.39 is 9.84 Å². The van der Waals surface area contributed by atoms with Gasteiger partial charge in [0.2, 0.25) is 0 Å². The first kappa shape index (κ1) is 17.3. The zero-order valence-electron chi connectivity index (χ0n) is 14.7. The Balaban J connectivity index is 1.68. The monoisotopic (exact) mass is 378 g/mol. The number of nitrogens with one attached hydrogen (secondary N) is 1. The van der Waals surface area contributed by atoms with Gasteiger partial charge in [0.05, 0.1) is 10.4 Å². The van der Waals surface area contributed by atoms with Crippen molar-refractivity contribution in [1.82, 2.24) is 10.2 Å². The predicted molar refractivity (Wildman–Crippen MR) is 105 cm³/mol. The van der Waals surface area contributed by atoms with Gasteiger partial charge in [0, 0.05) is 17.2 Å². The van der Waals surface area contributed by atoms with E-state index in [1.165, 1.54) is 6.26 Å². The highest BCUT2D eigenvalue weighted by Gasteiger charge is 2.13. The first-order valence-electron chi connectivity index (χ1n) is 8.46. The number of rotatable bonds is 5. The van der Waals surface area contributed by atoms with Gasteiger partial charge in [-0.3, -0.25) is 5.10 Å². The summed E-state index contributed by atoms with van der Waals surface area (Å²) >= 11 is 0. The molecule has 1 aromatic heterocycles. The number of sulfone groups is 1. The number of benzene rings is 3. The van der Waals surface area contributed by atoms with Crippen molar-refractivity contribution in [2.24, 2.45) is 0 Å². The molecule has 1 N–H and O–H groups in total. The Labute approximate surface area is 157 Å². The van der Waals surface area contributed by atoms with Crippen LogP contribution in [0.3, 0.4) is 0 Å². The van der Waals surface area contributed by atoms with Gasteiger partial charge in [-0.1, -0.05) is 42.5 Å². The summed E-state index contributed by atoms with van der Waals surface area (Å²) in [6, 6.07) is 22.5. The van der Waals surface area contributed by atoms with E-state index in [1.807, 2.05) is 54.6 Å². The Hall–Kier alpha value is -3.12. The van der Waals surface area contributed by atoms with Crippen LogP contribution in [0.5, 0.6) is 5.75 Å². The van der Waals surface area contributed by atoms with Crippen molar-refractivity contribution in [3.8, 4) is 17.0 Å². The number of ether oxygens (including phenoxy) is 1. The van der Waals surface area contributed by atoms with Crippen molar-refractivity contribution in [3.05, 3.63) is 78.4 Å². The topological polar surface area (TPSA) is 72.0 Å². The van der Waals surface area contributed by atoms with Gasteiger partial charge in [0.15, 0.2) is 9.84 Å². The Morgan fingerprint density at radius 2 is 1.78 bits per heavy atom. The molecule has 0 unspecified atom stereocenters. The van der Waals surface area contributed by atoms with Crippen molar-refractivity contribution in [2.75, 3.05) is 6.26 Å². The second kappa shape index (κ2) is 6.89. The van der Waals surface area contributed by atoms with Gasteiger partial charge in [-0.05, 0) is 35.9 Å². The summed E-state index contributed by atoms with van der Waals surface area (Å²) in [7, 11) is -3.28. The molecule has 0 amide bonds. The molecule has 0 spiro atoms. The van der Waals surface area contributed by atoms with Crippen molar-refractivity contribution >= 4 is 20.7 Å². The molecular weight excluding hydrogens is 360 g/mol. The Morgan fingerprint density at radius 3 is 2.56 bits per heavy atom. The molecule has 0 fully saturated rings. The minimum atomic E-state index is -3.28. The summed E-state index contributed by atoms with van der Waals surface area (Å²) in [5, 5.41) is 8.24. The molecule has 0 aliphatic rings. The van der Waals surface area contributed by atoms with Gasteiger partial charge in [-0.25, -0.2) is 8.42 Å². The van der Waals surface area contributed by atoms with Crippen LogP contribution in [-0.4, -0.2) is 24.9 Å². The number of nitrogens with zero attached hydrogens (tertiary/aromatic N) is 1. The molecule has 0 bridgehead atoms. The Bertz CT molecular complexity index is 1200. The van der Waals surface area contributed by atoms with Crippen molar-refractivity contribution in [2.45, 2.75) is 11.5 Å². The molecule has 6 heteroatoms. The van der Waals surface area contributed by atoms with Crippen LogP contribution in [0.4, 0.5) is 0 Å². The molecule has 1 heterocycles. The molecule has 3 aromatic carbocycles. The first-order valence-corrected chi connectivity index (χ1v) is 10.4. The summed E-state index contributed by atoms with van der Waals surface area (Å²) in [5.41, 5.74) is 3.39. The molecule has 136 valence electrons. The maximum Gasteiger partial charge on any atom is 0.175 e. The van der Waals surface area contributed by atoms with Crippen molar-refractivity contribution in [3.63, 3.8) is 0 Å². The van der Waals surface area contributed by atoms with E-state index in [2.05, 4.69) is 10.2 Å². The minimum Gasteiger partial charge on any atom is -0.489 e. The fourth-order valence-electron chi connectivity index (χ4n) is 2.92. The lowest BCUT2D eigenvalue weighted by atomic mass is 10.1. The fraction of sp³-hybridized carbons (Fsp3) is 0.0952. The maximum absolute atomic E-state index is 11.8. The average Bonchev–Trinajstić information content (AvgIpc) is 3.10. The van der Waals surface area contributed by atoms with Crippen LogP contribution in [-0.2, 0) is 16.4 Å². The molecule has 4 rings (SSSR count). The number of aromatic nitrogens is 2. The van der Waals surface area contributed by atoms with Gasteiger partial charge >= 0.3 is 0 Å². The van der Waals surface area contributed by atoms with Crippen molar-refractivity contribution < 1.29 is 13.2 Å². The zero-order valence-corrected chi connectivity index (χ0v) is 15.5. The molecule has 27 heavy (non-hydrogen) atoms. The van der Waals surface area contributed by atoms with E-state index in [1.54, 1.807) is 18.2 Å². The van der Waals surface area contributed by atoms with Gasteiger partial charge < -0.3 is 4.74 Å². The third-order valence-corrected chi connectivity index (χ3v) is 5.43.